The summed E-state index contributed by atoms with van der Waals surface area (Å²) in [5, 5.41) is 4.89. The van der Waals surface area contributed by atoms with Crippen LogP contribution in [-0.4, -0.2) is 17.9 Å². The Balaban J connectivity index is 1.67. The van der Waals surface area contributed by atoms with E-state index in [1.807, 2.05) is 68.4 Å². The van der Waals surface area contributed by atoms with Gasteiger partial charge in [0, 0.05) is 16.6 Å². The smallest absolute Gasteiger partial charge is 0.259 e. The van der Waals surface area contributed by atoms with Gasteiger partial charge in [0.15, 0.2) is 0 Å². The van der Waals surface area contributed by atoms with Gasteiger partial charge in [-0.1, -0.05) is 42.0 Å². The second kappa shape index (κ2) is 5.99. The van der Waals surface area contributed by atoms with Crippen LogP contribution in [0.4, 0.5) is 11.4 Å². The van der Waals surface area contributed by atoms with Gasteiger partial charge in [0.05, 0.1) is 5.69 Å². The number of nitrogens with zero attached hydrogens (tertiary/aromatic N) is 1. The molecule has 3 aromatic carbocycles. The highest BCUT2D eigenvalue weighted by molar-refractivity contribution is 6.26. The van der Waals surface area contributed by atoms with E-state index in [0.717, 1.165) is 33.3 Å². The molecule has 0 radical (unpaired) electrons. The fourth-order valence-corrected chi connectivity index (χ4v) is 3.63. The van der Waals surface area contributed by atoms with Crippen LogP contribution >= 0.6 is 0 Å². The highest BCUT2D eigenvalue weighted by Gasteiger charge is 2.35. The third-order valence-electron chi connectivity index (χ3n) is 5.00. The molecule has 2 amide bonds. The highest BCUT2D eigenvalue weighted by Crippen LogP contribution is 2.38. The van der Waals surface area contributed by atoms with Crippen molar-refractivity contribution in [3.8, 4) is 0 Å². The number of rotatable bonds is 3. The van der Waals surface area contributed by atoms with Gasteiger partial charge in [-0.2, -0.15) is 0 Å². The molecule has 0 saturated heterocycles. The van der Waals surface area contributed by atoms with Gasteiger partial charge < -0.3 is 5.32 Å². The van der Waals surface area contributed by atoms with Gasteiger partial charge in [-0.15, -0.1) is 0 Å². The van der Waals surface area contributed by atoms with Gasteiger partial charge in [0.25, 0.3) is 5.91 Å². The first kappa shape index (κ1) is 16.3. The van der Waals surface area contributed by atoms with Crippen molar-refractivity contribution in [1.29, 1.82) is 0 Å². The largest absolute Gasteiger partial charge is 0.324 e. The van der Waals surface area contributed by atoms with Crippen LogP contribution in [0.5, 0.6) is 0 Å². The number of hydrogen-bond acceptors (Lipinski definition) is 2. The lowest BCUT2D eigenvalue weighted by molar-refractivity contribution is -0.117. The Morgan fingerprint density at radius 1 is 1.04 bits per heavy atom. The number of nitrogens with one attached hydrogen (secondary N) is 1. The van der Waals surface area contributed by atoms with Crippen molar-refractivity contribution >= 4 is 34.0 Å². The Hall–Kier alpha value is -3.14. The van der Waals surface area contributed by atoms with Crippen molar-refractivity contribution in [3.05, 3.63) is 71.3 Å². The van der Waals surface area contributed by atoms with Crippen LogP contribution in [0.1, 0.15) is 28.4 Å². The zero-order valence-corrected chi connectivity index (χ0v) is 15.0. The summed E-state index contributed by atoms with van der Waals surface area (Å²) in [5.74, 6) is -0.324. The predicted molar refractivity (Wildman–Crippen MR) is 105 cm³/mol. The van der Waals surface area contributed by atoms with Crippen molar-refractivity contribution in [1.82, 2.24) is 0 Å². The van der Waals surface area contributed by atoms with Crippen molar-refractivity contribution in [2.75, 3.05) is 10.2 Å². The third kappa shape index (κ3) is 2.46. The molecule has 1 atom stereocenters. The second-order valence-electron chi connectivity index (χ2n) is 6.84. The number of aryl methyl sites for hydroxylation is 2. The Kier molecular flexibility index (Phi) is 3.76. The molecular formula is C22H20N2O2. The van der Waals surface area contributed by atoms with Crippen LogP contribution in [0.25, 0.3) is 10.8 Å². The molecule has 26 heavy (non-hydrogen) atoms. The monoisotopic (exact) mass is 344 g/mol. The molecule has 0 aliphatic carbocycles. The first-order valence-corrected chi connectivity index (χ1v) is 8.71. The number of hydrogen-bond donors (Lipinski definition) is 1. The van der Waals surface area contributed by atoms with E-state index in [0.29, 0.717) is 5.56 Å². The molecule has 4 nitrogen and oxygen atoms in total. The maximum atomic E-state index is 12.9. The number of benzene rings is 3. The van der Waals surface area contributed by atoms with E-state index in [-0.39, 0.29) is 11.8 Å². The van der Waals surface area contributed by atoms with E-state index in [2.05, 4.69) is 5.32 Å². The molecule has 1 aliphatic heterocycles. The van der Waals surface area contributed by atoms with Crippen molar-refractivity contribution in [2.24, 2.45) is 0 Å². The summed E-state index contributed by atoms with van der Waals surface area (Å²) in [6.45, 7) is 5.74. The lowest BCUT2D eigenvalue weighted by Gasteiger charge is -2.25. The van der Waals surface area contributed by atoms with Gasteiger partial charge >= 0.3 is 0 Å². The molecule has 1 N–H and O–H groups in total. The normalized spacial score (nSPS) is 14.0. The fraction of sp³-hybridized carbons (Fsp3) is 0.182. The summed E-state index contributed by atoms with van der Waals surface area (Å²) in [7, 11) is 0. The standard InChI is InChI=1S/C22H20N2O2/c1-13-10-11-18(14(2)12-13)23-21(25)15(3)24-19-9-5-7-16-6-4-8-17(20(16)19)22(24)26/h4-12,15H,1-3H3,(H,23,25)/t15-/m0/s1. The minimum Gasteiger partial charge on any atom is -0.324 e. The average molecular weight is 344 g/mol. The molecule has 0 unspecified atom stereocenters. The molecule has 130 valence electrons. The summed E-state index contributed by atoms with van der Waals surface area (Å²) in [5.41, 5.74) is 4.37. The highest BCUT2D eigenvalue weighted by atomic mass is 16.2. The molecule has 0 saturated carbocycles. The minimum atomic E-state index is -0.610. The van der Waals surface area contributed by atoms with Crippen molar-refractivity contribution in [3.63, 3.8) is 0 Å². The van der Waals surface area contributed by atoms with Gasteiger partial charge in [-0.25, -0.2) is 0 Å². The third-order valence-corrected chi connectivity index (χ3v) is 5.00. The number of carbonyl (C=O) groups excluding carboxylic acids is 2. The molecule has 1 aliphatic rings. The van der Waals surface area contributed by atoms with Crippen molar-refractivity contribution < 1.29 is 9.59 Å². The Morgan fingerprint density at radius 3 is 2.50 bits per heavy atom. The molecule has 0 fully saturated rings. The minimum absolute atomic E-state index is 0.125. The predicted octanol–water partition coefficient (Wildman–Crippen LogP) is 4.44. The molecule has 4 rings (SSSR count). The van der Waals surface area contributed by atoms with Crippen LogP contribution in [0.15, 0.2) is 54.6 Å². The lowest BCUT2D eigenvalue weighted by Crippen LogP contribution is -2.44. The summed E-state index contributed by atoms with van der Waals surface area (Å²) in [6, 6.07) is 16.8. The summed E-state index contributed by atoms with van der Waals surface area (Å²) in [4.78, 5) is 27.4. The first-order valence-electron chi connectivity index (χ1n) is 8.71. The Bertz CT molecular complexity index is 1050. The van der Waals surface area contributed by atoms with E-state index in [1.54, 1.807) is 11.8 Å². The second-order valence-corrected chi connectivity index (χ2v) is 6.84. The summed E-state index contributed by atoms with van der Waals surface area (Å²) >= 11 is 0. The average Bonchev–Trinajstić information content (AvgIpc) is 2.91. The summed E-state index contributed by atoms with van der Waals surface area (Å²) in [6.07, 6.45) is 0. The van der Waals surface area contributed by atoms with Crippen LogP contribution in [-0.2, 0) is 4.79 Å². The SMILES string of the molecule is Cc1ccc(NC(=O)[C@H](C)N2C(=O)c3cccc4cccc2c34)c(C)c1. The van der Waals surface area contributed by atoms with Gasteiger partial charge in [0.2, 0.25) is 5.91 Å². The van der Waals surface area contributed by atoms with E-state index >= 15 is 0 Å². The Morgan fingerprint density at radius 2 is 1.77 bits per heavy atom. The van der Waals surface area contributed by atoms with Crippen LogP contribution in [0.3, 0.4) is 0 Å². The maximum Gasteiger partial charge on any atom is 0.259 e. The molecule has 0 aromatic heterocycles. The zero-order valence-electron chi connectivity index (χ0n) is 15.0. The molecule has 0 spiro atoms. The maximum absolute atomic E-state index is 12.9. The molecule has 0 bridgehead atoms. The van der Waals surface area contributed by atoms with Gasteiger partial charge in [0.1, 0.15) is 6.04 Å². The van der Waals surface area contributed by atoms with E-state index in [4.69, 9.17) is 0 Å². The van der Waals surface area contributed by atoms with Gasteiger partial charge in [-0.3, -0.25) is 14.5 Å². The van der Waals surface area contributed by atoms with Crippen molar-refractivity contribution in [2.45, 2.75) is 26.8 Å². The van der Waals surface area contributed by atoms with Gasteiger partial charge in [-0.05, 0) is 49.9 Å². The fourth-order valence-electron chi connectivity index (χ4n) is 3.63. The summed E-state index contributed by atoms with van der Waals surface area (Å²) < 4.78 is 0. The van der Waals surface area contributed by atoms with Crippen LogP contribution in [0, 0.1) is 13.8 Å². The van der Waals surface area contributed by atoms with E-state index in [9.17, 15) is 9.59 Å². The molecular weight excluding hydrogens is 324 g/mol. The number of carbonyl (C=O) groups is 2. The Labute approximate surface area is 152 Å². The molecule has 4 heteroatoms. The van der Waals surface area contributed by atoms with Crippen LogP contribution < -0.4 is 10.2 Å². The lowest BCUT2D eigenvalue weighted by atomic mass is 10.1. The zero-order chi connectivity index (χ0) is 18.4. The number of amides is 2. The quantitative estimate of drug-likeness (QED) is 0.763. The molecule has 1 heterocycles. The van der Waals surface area contributed by atoms with E-state index in [1.165, 1.54) is 0 Å². The van der Waals surface area contributed by atoms with E-state index < -0.39 is 6.04 Å². The molecule has 3 aromatic rings. The number of anilines is 2. The topological polar surface area (TPSA) is 49.4 Å². The van der Waals surface area contributed by atoms with Crippen LogP contribution in [0.2, 0.25) is 0 Å². The first-order chi connectivity index (χ1) is 12.5.